The summed E-state index contributed by atoms with van der Waals surface area (Å²) in [6.45, 7) is 2.12. The van der Waals surface area contributed by atoms with E-state index in [2.05, 4.69) is 5.10 Å². The van der Waals surface area contributed by atoms with Crippen LogP contribution in [0.4, 0.5) is 4.39 Å². The maximum atomic E-state index is 12.9. The van der Waals surface area contributed by atoms with Crippen LogP contribution in [0.25, 0.3) is 11.3 Å². The van der Waals surface area contributed by atoms with Crippen molar-refractivity contribution in [3.63, 3.8) is 0 Å². The summed E-state index contributed by atoms with van der Waals surface area (Å²) in [6, 6.07) is 7.96. The van der Waals surface area contributed by atoms with Crippen LogP contribution in [0.5, 0.6) is 0 Å². The van der Waals surface area contributed by atoms with E-state index < -0.39 is 0 Å². The molecule has 0 saturated heterocycles. The van der Waals surface area contributed by atoms with Crippen molar-refractivity contribution >= 4 is 5.97 Å². The highest BCUT2D eigenvalue weighted by Crippen LogP contribution is 2.20. The van der Waals surface area contributed by atoms with E-state index in [-0.39, 0.29) is 18.2 Å². The molecule has 2 aromatic rings. The zero-order valence-corrected chi connectivity index (χ0v) is 10.9. The minimum absolute atomic E-state index is 0.142. The molecule has 1 aromatic heterocycles. The average Bonchev–Trinajstić information content (AvgIpc) is 2.71. The normalized spacial score (nSPS) is 10.5. The van der Waals surface area contributed by atoms with Gasteiger partial charge in [0, 0.05) is 7.05 Å². The number of ether oxygens (including phenoxy) is 1. The molecule has 0 radical (unpaired) electrons. The molecule has 0 fully saturated rings. The zero-order valence-electron chi connectivity index (χ0n) is 10.9. The second-order valence-corrected chi connectivity index (χ2v) is 4.13. The van der Waals surface area contributed by atoms with Crippen molar-refractivity contribution in [1.29, 1.82) is 0 Å². The Morgan fingerprint density at radius 1 is 1.37 bits per heavy atom. The predicted molar refractivity (Wildman–Crippen MR) is 68.9 cm³/mol. The summed E-state index contributed by atoms with van der Waals surface area (Å²) in [6.07, 6.45) is 0.142. The minimum Gasteiger partial charge on any atom is -0.466 e. The molecule has 4 nitrogen and oxygen atoms in total. The Morgan fingerprint density at radius 2 is 2.05 bits per heavy atom. The lowest BCUT2D eigenvalue weighted by molar-refractivity contribution is -0.142. The number of rotatable bonds is 4. The maximum absolute atomic E-state index is 12.9. The quantitative estimate of drug-likeness (QED) is 0.794. The van der Waals surface area contributed by atoms with Gasteiger partial charge in [0.15, 0.2) is 0 Å². The van der Waals surface area contributed by atoms with Gasteiger partial charge in [-0.1, -0.05) is 0 Å². The predicted octanol–water partition coefficient (Wildman–Crippen LogP) is 2.33. The Hall–Kier alpha value is -2.17. The summed E-state index contributed by atoms with van der Waals surface area (Å²) in [5.74, 6) is -0.580. The molecule has 0 unspecified atom stereocenters. The van der Waals surface area contributed by atoms with E-state index in [0.29, 0.717) is 12.3 Å². The second kappa shape index (κ2) is 5.65. The summed E-state index contributed by atoms with van der Waals surface area (Å²) < 4.78 is 19.4. The number of halogens is 1. The van der Waals surface area contributed by atoms with Crippen molar-refractivity contribution in [3.05, 3.63) is 41.8 Å². The van der Waals surface area contributed by atoms with Crippen LogP contribution >= 0.6 is 0 Å². The number of carbonyl (C=O) groups is 1. The average molecular weight is 262 g/mol. The van der Waals surface area contributed by atoms with E-state index in [9.17, 15) is 9.18 Å². The zero-order chi connectivity index (χ0) is 13.8. The molecular weight excluding hydrogens is 247 g/mol. The number of esters is 1. The molecule has 0 saturated carbocycles. The molecule has 0 aliphatic carbocycles. The van der Waals surface area contributed by atoms with Gasteiger partial charge in [-0.25, -0.2) is 4.39 Å². The number of aryl methyl sites for hydroxylation is 1. The van der Waals surface area contributed by atoms with E-state index in [4.69, 9.17) is 4.74 Å². The number of carbonyl (C=O) groups excluding carboxylic acids is 1. The lowest BCUT2D eigenvalue weighted by Crippen LogP contribution is -2.08. The van der Waals surface area contributed by atoms with Gasteiger partial charge < -0.3 is 4.74 Å². The number of benzene rings is 1. The fourth-order valence-electron chi connectivity index (χ4n) is 1.86. The highest BCUT2D eigenvalue weighted by Gasteiger charge is 2.11. The monoisotopic (exact) mass is 262 g/mol. The molecule has 100 valence electrons. The number of hydrogen-bond donors (Lipinski definition) is 0. The van der Waals surface area contributed by atoms with E-state index >= 15 is 0 Å². The Labute approximate surface area is 110 Å². The lowest BCUT2D eigenvalue weighted by atomic mass is 10.1. The molecule has 0 aliphatic heterocycles. The largest absolute Gasteiger partial charge is 0.466 e. The molecule has 19 heavy (non-hydrogen) atoms. The molecule has 0 spiro atoms. The SMILES string of the molecule is CCOC(=O)Cc1cc(-c2ccc(F)cc2)n(C)n1. The van der Waals surface area contributed by atoms with Crippen molar-refractivity contribution in [1.82, 2.24) is 9.78 Å². The summed E-state index contributed by atoms with van der Waals surface area (Å²) in [4.78, 5) is 11.4. The molecule has 0 N–H and O–H groups in total. The first-order chi connectivity index (χ1) is 9.10. The number of hydrogen-bond acceptors (Lipinski definition) is 3. The Kier molecular flexibility index (Phi) is 3.94. The molecule has 0 aliphatic rings. The lowest BCUT2D eigenvalue weighted by Gasteiger charge is -2.00. The van der Waals surface area contributed by atoms with Gasteiger partial charge in [-0.15, -0.1) is 0 Å². The molecule has 0 atom stereocenters. The molecular formula is C14H15FN2O2. The smallest absolute Gasteiger partial charge is 0.311 e. The van der Waals surface area contributed by atoms with Crippen molar-refractivity contribution in [2.24, 2.45) is 7.05 Å². The Morgan fingerprint density at radius 3 is 2.68 bits per heavy atom. The summed E-state index contributed by atoms with van der Waals surface area (Å²) in [5, 5.41) is 4.25. The molecule has 0 amide bonds. The fourth-order valence-corrected chi connectivity index (χ4v) is 1.86. The summed E-state index contributed by atoms with van der Waals surface area (Å²) >= 11 is 0. The highest BCUT2D eigenvalue weighted by molar-refractivity contribution is 5.72. The van der Waals surface area contributed by atoms with Crippen LogP contribution < -0.4 is 0 Å². The molecule has 0 bridgehead atoms. The van der Waals surface area contributed by atoms with E-state index in [1.807, 2.05) is 6.07 Å². The van der Waals surface area contributed by atoms with Crippen molar-refractivity contribution in [2.75, 3.05) is 6.61 Å². The molecule has 1 aromatic carbocycles. The first-order valence-corrected chi connectivity index (χ1v) is 6.04. The van der Waals surface area contributed by atoms with Crippen LogP contribution in [0.3, 0.4) is 0 Å². The van der Waals surface area contributed by atoms with E-state index in [1.54, 1.807) is 30.8 Å². The van der Waals surface area contributed by atoms with Crippen LogP contribution in [0.15, 0.2) is 30.3 Å². The standard InChI is InChI=1S/C14H15FN2O2/c1-3-19-14(18)9-12-8-13(17(2)16-12)10-4-6-11(15)7-5-10/h4-8H,3,9H2,1-2H3. The topological polar surface area (TPSA) is 44.1 Å². The van der Waals surface area contributed by atoms with E-state index in [0.717, 1.165) is 11.3 Å². The Bertz CT molecular complexity index is 576. The third-order valence-electron chi connectivity index (χ3n) is 2.70. The molecule has 2 rings (SSSR count). The van der Waals surface area contributed by atoms with Crippen molar-refractivity contribution in [3.8, 4) is 11.3 Å². The third-order valence-corrected chi connectivity index (χ3v) is 2.70. The Balaban J connectivity index is 2.21. The summed E-state index contributed by atoms with van der Waals surface area (Å²) in [7, 11) is 1.79. The molecule has 1 heterocycles. The van der Waals surface area contributed by atoms with Crippen LogP contribution in [0, 0.1) is 5.82 Å². The number of nitrogens with zero attached hydrogens (tertiary/aromatic N) is 2. The molecule has 5 heteroatoms. The van der Waals surface area contributed by atoms with Crippen LogP contribution in [0.1, 0.15) is 12.6 Å². The van der Waals surface area contributed by atoms with Crippen molar-refractivity contribution < 1.29 is 13.9 Å². The van der Waals surface area contributed by atoms with Gasteiger partial charge in [0.05, 0.1) is 24.4 Å². The maximum Gasteiger partial charge on any atom is 0.311 e. The van der Waals surface area contributed by atoms with Gasteiger partial charge in [0.2, 0.25) is 0 Å². The number of aromatic nitrogens is 2. The first-order valence-electron chi connectivity index (χ1n) is 6.04. The van der Waals surface area contributed by atoms with Crippen LogP contribution in [0.2, 0.25) is 0 Å². The van der Waals surface area contributed by atoms with Gasteiger partial charge in [-0.05, 0) is 42.8 Å². The minimum atomic E-state index is -0.300. The van der Waals surface area contributed by atoms with Gasteiger partial charge in [-0.3, -0.25) is 9.48 Å². The third kappa shape index (κ3) is 3.19. The summed E-state index contributed by atoms with van der Waals surface area (Å²) in [5.41, 5.74) is 2.33. The van der Waals surface area contributed by atoms with Crippen LogP contribution in [-0.4, -0.2) is 22.4 Å². The highest BCUT2D eigenvalue weighted by atomic mass is 19.1. The van der Waals surface area contributed by atoms with Gasteiger partial charge >= 0.3 is 5.97 Å². The van der Waals surface area contributed by atoms with E-state index in [1.165, 1.54) is 12.1 Å². The van der Waals surface area contributed by atoms with Crippen molar-refractivity contribution in [2.45, 2.75) is 13.3 Å². The van der Waals surface area contributed by atoms with Gasteiger partial charge in [-0.2, -0.15) is 5.10 Å². The van der Waals surface area contributed by atoms with Crippen LogP contribution in [-0.2, 0) is 23.0 Å². The fraction of sp³-hybridized carbons (Fsp3) is 0.286. The second-order valence-electron chi connectivity index (χ2n) is 4.13. The van der Waals surface area contributed by atoms with Gasteiger partial charge in [0.25, 0.3) is 0 Å². The van der Waals surface area contributed by atoms with Gasteiger partial charge in [0.1, 0.15) is 5.82 Å². The first kappa shape index (κ1) is 13.3.